The van der Waals surface area contributed by atoms with Crippen LogP contribution in [0.25, 0.3) is 16.8 Å². The van der Waals surface area contributed by atoms with Crippen LogP contribution in [0.15, 0.2) is 72.3 Å². The first-order valence-corrected chi connectivity index (χ1v) is 13.5. The van der Waals surface area contributed by atoms with Gasteiger partial charge in [0, 0.05) is 25.0 Å². The summed E-state index contributed by atoms with van der Waals surface area (Å²) >= 11 is 0. The van der Waals surface area contributed by atoms with E-state index >= 15 is 0 Å². The van der Waals surface area contributed by atoms with E-state index in [4.69, 9.17) is 9.47 Å². The number of hydrogen-bond acceptors (Lipinski definition) is 5. The van der Waals surface area contributed by atoms with E-state index in [2.05, 4.69) is 18.7 Å². The highest BCUT2D eigenvalue weighted by Crippen LogP contribution is 2.27. The lowest BCUT2D eigenvalue weighted by molar-refractivity contribution is 0.0178. The van der Waals surface area contributed by atoms with Gasteiger partial charge in [-0.15, -0.1) is 0 Å². The molecule has 0 atom stereocenters. The molecule has 0 unspecified atom stereocenters. The summed E-state index contributed by atoms with van der Waals surface area (Å²) in [6.07, 6.45) is 1.56. The molecule has 0 radical (unpaired) electrons. The Morgan fingerprint density at radius 2 is 1.52 bits per heavy atom. The Morgan fingerprint density at radius 3 is 2.15 bits per heavy atom. The number of ether oxygens (including phenoxy) is 2. The minimum Gasteiger partial charge on any atom is -0.489 e. The lowest BCUT2D eigenvalue weighted by Crippen LogP contribution is -2.46. The molecule has 1 amide bonds. The van der Waals surface area contributed by atoms with Crippen molar-refractivity contribution in [3.05, 3.63) is 83.4 Å². The Hall–Kier alpha value is -3.84. The van der Waals surface area contributed by atoms with Gasteiger partial charge in [0.25, 0.3) is 0 Å². The number of aromatic carboxylic acids is 1. The van der Waals surface area contributed by atoms with Gasteiger partial charge < -0.3 is 24.4 Å². The molecule has 1 N–H and O–H groups in total. The number of rotatable bonds is 11. The molecule has 40 heavy (non-hydrogen) atoms. The van der Waals surface area contributed by atoms with E-state index in [0.717, 1.165) is 34.2 Å². The number of carboxylic acids is 1. The lowest BCUT2D eigenvalue weighted by atomic mass is 9.92. The smallest absolute Gasteiger partial charge is 0.410 e. The summed E-state index contributed by atoms with van der Waals surface area (Å²) in [5.41, 5.74) is 1.04. The summed E-state index contributed by atoms with van der Waals surface area (Å²) in [6, 6.07) is 20.6. The van der Waals surface area contributed by atoms with Crippen molar-refractivity contribution in [2.45, 2.75) is 40.2 Å². The van der Waals surface area contributed by atoms with E-state index in [1.54, 1.807) is 29.2 Å². The zero-order valence-corrected chi connectivity index (χ0v) is 24.7. The summed E-state index contributed by atoms with van der Waals surface area (Å²) in [4.78, 5) is 28.6. The van der Waals surface area contributed by atoms with E-state index in [1.807, 2.05) is 83.4 Å². The normalized spacial score (nSPS) is 12.4. The van der Waals surface area contributed by atoms with Gasteiger partial charge in [-0.3, -0.25) is 0 Å². The van der Waals surface area contributed by atoms with Crippen molar-refractivity contribution >= 4 is 28.9 Å². The van der Waals surface area contributed by atoms with Crippen LogP contribution in [-0.4, -0.2) is 72.9 Å². The van der Waals surface area contributed by atoms with Gasteiger partial charge in [-0.2, -0.15) is 0 Å². The van der Waals surface area contributed by atoms with Crippen molar-refractivity contribution in [3.8, 4) is 5.75 Å². The molecule has 7 heteroatoms. The van der Waals surface area contributed by atoms with Crippen LogP contribution in [0.1, 0.15) is 50.5 Å². The Bertz CT molecular complexity index is 1330. The molecule has 7 nitrogen and oxygen atoms in total. The minimum absolute atomic E-state index is 0.203. The molecule has 0 aliphatic carbocycles. The highest BCUT2D eigenvalue weighted by molar-refractivity contribution is 5.88. The third-order valence-corrected chi connectivity index (χ3v) is 6.10. The average Bonchev–Trinajstić information content (AvgIpc) is 2.85. The topological polar surface area (TPSA) is 79.3 Å². The van der Waals surface area contributed by atoms with Gasteiger partial charge in [0.1, 0.15) is 18.0 Å². The summed E-state index contributed by atoms with van der Waals surface area (Å²) in [7, 11) is 4.04. The second-order valence-electron chi connectivity index (χ2n) is 12.2. The predicted octanol–water partition coefficient (Wildman–Crippen LogP) is 6.83. The summed E-state index contributed by atoms with van der Waals surface area (Å²) in [6.45, 7) is 11.6. The molecular weight excluding hydrogens is 504 g/mol. The molecule has 0 aliphatic rings. The number of carboxylic acid groups (broad SMARTS) is 1. The van der Waals surface area contributed by atoms with Crippen LogP contribution < -0.4 is 4.74 Å². The fourth-order valence-electron chi connectivity index (χ4n) is 4.76. The van der Waals surface area contributed by atoms with Crippen LogP contribution in [0.4, 0.5) is 4.79 Å². The Labute approximate surface area is 238 Å². The van der Waals surface area contributed by atoms with Crippen molar-refractivity contribution in [1.82, 2.24) is 9.80 Å². The summed E-state index contributed by atoms with van der Waals surface area (Å²) in [5.74, 6) is -0.226. The number of carbonyl (C=O) groups excluding carboxylic acids is 1. The largest absolute Gasteiger partial charge is 0.489 e. The van der Waals surface area contributed by atoms with Gasteiger partial charge in [-0.1, -0.05) is 68.5 Å². The van der Waals surface area contributed by atoms with Crippen molar-refractivity contribution in [3.63, 3.8) is 0 Å². The van der Waals surface area contributed by atoms with E-state index in [-0.39, 0.29) is 24.1 Å². The molecule has 0 bridgehead atoms. The number of carbonyl (C=O) groups is 2. The fourth-order valence-corrected chi connectivity index (χ4v) is 4.76. The first kappa shape index (κ1) is 30.7. The number of fused-ring (bicyclic) bond motifs is 1. The maximum Gasteiger partial charge on any atom is 0.410 e. The molecule has 0 spiro atoms. The van der Waals surface area contributed by atoms with Gasteiger partial charge in [0.05, 0.1) is 5.56 Å². The van der Waals surface area contributed by atoms with Gasteiger partial charge in [-0.25, -0.2) is 9.59 Å². The van der Waals surface area contributed by atoms with E-state index in [9.17, 15) is 14.7 Å². The van der Waals surface area contributed by atoms with Crippen molar-refractivity contribution in [2.75, 3.05) is 40.3 Å². The van der Waals surface area contributed by atoms with Crippen LogP contribution in [0, 0.1) is 5.41 Å². The zero-order valence-electron chi connectivity index (χ0n) is 24.7. The van der Waals surface area contributed by atoms with Gasteiger partial charge in [-0.05, 0) is 75.0 Å². The summed E-state index contributed by atoms with van der Waals surface area (Å²) in [5, 5.41) is 11.4. The van der Waals surface area contributed by atoms with Gasteiger partial charge in [0.2, 0.25) is 0 Å². The van der Waals surface area contributed by atoms with Crippen LogP contribution in [-0.2, 0) is 4.74 Å². The molecule has 0 fully saturated rings. The van der Waals surface area contributed by atoms with E-state index in [0.29, 0.717) is 6.54 Å². The van der Waals surface area contributed by atoms with Crippen LogP contribution in [0.2, 0.25) is 0 Å². The monoisotopic (exact) mass is 546 g/mol. The first-order chi connectivity index (χ1) is 18.7. The standard InChI is InChI=1S/C33H42N2O5/c1-32(2,3)40-31(38)35(23-33(4,5)22-34(6)7)20-25(19-24-15-17-27(18-16-24)30(36)37)21-39-29-14-10-12-26-11-8-9-13-28(26)29/h8-19H,20-23H2,1-7H3,(H,36,37)/b25-19-. The Balaban J connectivity index is 1.96. The third-order valence-electron chi connectivity index (χ3n) is 6.10. The molecule has 3 aromatic rings. The quantitative estimate of drug-likeness (QED) is 0.284. The molecule has 214 valence electrons. The second-order valence-corrected chi connectivity index (χ2v) is 12.2. The maximum atomic E-state index is 13.4. The molecule has 0 heterocycles. The number of benzene rings is 3. The molecule has 0 saturated carbocycles. The third kappa shape index (κ3) is 9.42. The molecular formula is C33H42N2O5. The molecule has 3 aromatic carbocycles. The molecule has 0 saturated heterocycles. The number of hydrogen-bond donors (Lipinski definition) is 1. The van der Waals surface area contributed by atoms with Crippen molar-refractivity contribution in [2.24, 2.45) is 5.41 Å². The molecule has 3 rings (SSSR count). The lowest BCUT2D eigenvalue weighted by Gasteiger charge is -2.36. The highest BCUT2D eigenvalue weighted by atomic mass is 16.6. The van der Waals surface area contributed by atoms with Crippen molar-refractivity contribution in [1.29, 1.82) is 0 Å². The maximum absolute atomic E-state index is 13.4. The number of nitrogens with zero attached hydrogens (tertiary/aromatic N) is 2. The second kappa shape index (κ2) is 13.0. The Kier molecular flexibility index (Phi) is 9.98. The summed E-state index contributed by atoms with van der Waals surface area (Å²) < 4.78 is 12.1. The van der Waals surface area contributed by atoms with Crippen molar-refractivity contribution < 1.29 is 24.2 Å². The average molecular weight is 547 g/mol. The van der Waals surface area contributed by atoms with Crippen LogP contribution in [0.3, 0.4) is 0 Å². The van der Waals surface area contributed by atoms with Gasteiger partial charge >= 0.3 is 12.1 Å². The SMILES string of the molecule is CN(C)CC(C)(C)CN(C/C(=C/c1ccc(C(=O)O)cc1)COc1cccc2ccccc12)C(=O)OC(C)(C)C. The molecule has 0 aliphatic heterocycles. The first-order valence-electron chi connectivity index (χ1n) is 13.5. The highest BCUT2D eigenvalue weighted by Gasteiger charge is 2.29. The predicted molar refractivity (Wildman–Crippen MR) is 161 cm³/mol. The fraction of sp³-hybridized carbons (Fsp3) is 0.394. The van der Waals surface area contributed by atoms with Crippen LogP contribution >= 0.6 is 0 Å². The Morgan fingerprint density at radius 1 is 0.875 bits per heavy atom. The zero-order chi connectivity index (χ0) is 29.5. The van der Waals surface area contributed by atoms with Gasteiger partial charge in [0.15, 0.2) is 0 Å². The van der Waals surface area contributed by atoms with E-state index < -0.39 is 17.7 Å². The number of amides is 1. The molecule has 0 aromatic heterocycles. The van der Waals surface area contributed by atoms with E-state index in [1.165, 1.54) is 0 Å². The minimum atomic E-state index is -0.978. The van der Waals surface area contributed by atoms with Crippen LogP contribution in [0.5, 0.6) is 5.75 Å².